The van der Waals surface area contributed by atoms with Gasteiger partial charge in [-0.25, -0.2) is 8.42 Å². The van der Waals surface area contributed by atoms with Gasteiger partial charge >= 0.3 is 3.12 Å². The fourth-order valence-corrected chi connectivity index (χ4v) is 0.791. The Balaban J connectivity index is 4.59. The van der Waals surface area contributed by atoms with Crippen LogP contribution < -0.4 is 4.72 Å². The van der Waals surface area contributed by atoms with Crippen molar-refractivity contribution in [3.05, 3.63) is 0 Å². The molecule has 0 aromatic carbocycles. The zero-order valence-electron chi connectivity index (χ0n) is 4.34. The first-order chi connectivity index (χ1) is 4.31. The van der Waals surface area contributed by atoms with Crippen LogP contribution in [0.3, 0.4) is 0 Å². The van der Waals surface area contributed by atoms with Crippen molar-refractivity contribution in [1.29, 1.82) is 0 Å². The van der Waals surface area contributed by atoms with E-state index in [1.54, 1.807) is 0 Å². The second-order valence-corrected chi connectivity index (χ2v) is 5.99. The minimum Gasteiger partial charge on any atom is -0.278 e. The monoisotopic (exact) mass is 225 g/mol. The predicted octanol–water partition coefficient (Wildman–Crippen LogP) is 0.390. The summed E-state index contributed by atoms with van der Waals surface area (Å²) in [6.07, 6.45) is -0.0861. The van der Waals surface area contributed by atoms with Gasteiger partial charge in [-0.3, -0.25) is 9.52 Å². The van der Waals surface area contributed by atoms with Crippen molar-refractivity contribution >= 4 is 51.2 Å². The summed E-state index contributed by atoms with van der Waals surface area (Å²) in [6.45, 7) is 0. The van der Waals surface area contributed by atoms with Crippen LogP contribution in [0.1, 0.15) is 0 Å². The Morgan fingerprint density at radius 1 is 1.30 bits per heavy atom. The molecule has 0 radical (unpaired) electrons. The first kappa shape index (κ1) is 10.3. The normalized spacial score (nSPS) is 12.7. The van der Waals surface area contributed by atoms with E-state index in [1.807, 2.05) is 0 Å². The lowest BCUT2D eigenvalue weighted by atomic mass is 11.5. The van der Waals surface area contributed by atoms with Crippen molar-refractivity contribution in [2.24, 2.45) is 0 Å². The third-order valence-corrected chi connectivity index (χ3v) is 3.35. The molecular weight excluding hydrogens is 224 g/mol. The zero-order valence-corrected chi connectivity index (χ0v) is 7.43. The van der Waals surface area contributed by atoms with Crippen LogP contribution >= 0.6 is 34.8 Å². The van der Waals surface area contributed by atoms with Gasteiger partial charge in [-0.2, -0.15) is 0 Å². The van der Waals surface area contributed by atoms with E-state index in [4.69, 9.17) is 34.8 Å². The lowest BCUT2D eigenvalue weighted by Crippen LogP contribution is -2.33. The van der Waals surface area contributed by atoms with E-state index in [-0.39, 0.29) is 6.41 Å². The quantitative estimate of drug-likeness (QED) is 0.547. The lowest BCUT2D eigenvalue weighted by molar-refractivity contribution is -0.108. The second-order valence-electron chi connectivity index (χ2n) is 1.18. The van der Waals surface area contributed by atoms with E-state index in [0.717, 1.165) is 0 Å². The van der Waals surface area contributed by atoms with Crippen LogP contribution in [-0.4, -0.2) is 18.0 Å². The molecule has 0 aromatic rings. The molecule has 0 fully saturated rings. The molecule has 0 bridgehead atoms. The number of sulfonamides is 1. The molecule has 0 aromatic heterocycles. The highest BCUT2D eigenvalue weighted by molar-refractivity contribution is 7.95. The molecule has 8 heteroatoms. The number of rotatable bonds is 2. The number of halogens is 3. The van der Waals surface area contributed by atoms with Crippen LogP contribution in [0.2, 0.25) is 0 Å². The van der Waals surface area contributed by atoms with E-state index < -0.39 is 13.1 Å². The van der Waals surface area contributed by atoms with Crippen LogP contribution in [-0.2, 0) is 14.8 Å². The maximum absolute atomic E-state index is 10.5. The molecule has 60 valence electrons. The Morgan fingerprint density at radius 2 is 1.70 bits per heavy atom. The van der Waals surface area contributed by atoms with Crippen molar-refractivity contribution in [3.63, 3.8) is 0 Å². The molecular formula is C2H2Cl3NO3S. The van der Waals surface area contributed by atoms with Crippen LogP contribution in [0, 0.1) is 0 Å². The third-order valence-electron chi connectivity index (χ3n) is 0.508. The van der Waals surface area contributed by atoms with E-state index in [0.29, 0.717) is 0 Å². The Labute approximate surface area is 72.5 Å². The Kier molecular flexibility index (Phi) is 3.22. The molecule has 0 aliphatic rings. The smallest absolute Gasteiger partial charge is 0.278 e. The first-order valence-corrected chi connectivity index (χ1v) is 4.45. The summed E-state index contributed by atoms with van der Waals surface area (Å²) in [4.78, 5) is 9.60. The minimum absolute atomic E-state index is 0.0861. The molecule has 1 N–H and O–H groups in total. The predicted molar refractivity (Wildman–Crippen MR) is 38.4 cm³/mol. The number of carbonyl (C=O) groups is 1. The van der Waals surface area contributed by atoms with Gasteiger partial charge in [0, 0.05) is 0 Å². The Bertz CT molecular complexity index is 216. The van der Waals surface area contributed by atoms with Gasteiger partial charge in [-0.1, -0.05) is 34.8 Å². The molecule has 0 spiro atoms. The molecule has 0 saturated carbocycles. The zero-order chi connectivity index (χ0) is 8.41. The van der Waals surface area contributed by atoms with Gasteiger partial charge in [0.05, 0.1) is 0 Å². The molecule has 4 nitrogen and oxygen atoms in total. The lowest BCUT2D eigenvalue weighted by Gasteiger charge is -2.09. The third kappa shape index (κ3) is 2.49. The first-order valence-electron chi connectivity index (χ1n) is 1.83. The van der Waals surface area contributed by atoms with Crippen LogP contribution in [0.15, 0.2) is 0 Å². The van der Waals surface area contributed by atoms with E-state index in [2.05, 4.69) is 0 Å². The molecule has 1 amide bonds. The number of carbonyl (C=O) groups excluding carboxylic acids is 1. The Hall–Kier alpha value is 0.290. The maximum Gasteiger partial charge on any atom is 0.311 e. The minimum atomic E-state index is -4.17. The van der Waals surface area contributed by atoms with E-state index in [1.165, 1.54) is 4.72 Å². The topological polar surface area (TPSA) is 63.2 Å². The molecule has 0 saturated heterocycles. The fourth-order valence-electron chi connectivity index (χ4n) is 0.130. The van der Waals surface area contributed by atoms with E-state index >= 15 is 0 Å². The van der Waals surface area contributed by atoms with Gasteiger partial charge in [0.2, 0.25) is 6.41 Å². The second kappa shape index (κ2) is 3.13. The average molecular weight is 226 g/mol. The van der Waals surface area contributed by atoms with Crippen molar-refractivity contribution in [2.75, 3.05) is 0 Å². The summed E-state index contributed by atoms with van der Waals surface area (Å²) in [5.41, 5.74) is 0. The Morgan fingerprint density at radius 3 is 1.80 bits per heavy atom. The average Bonchev–Trinajstić information content (AvgIpc) is 1.61. The molecule has 0 rings (SSSR count). The van der Waals surface area contributed by atoms with Crippen molar-refractivity contribution in [2.45, 2.75) is 3.12 Å². The highest BCUT2D eigenvalue weighted by Gasteiger charge is 2.37. The van der Waals surface area contributed by atoms with Crippen molar-refractivity contribution in [3.8, 4) is 0 Å². The SMILES string of the molecule is O=CNS(=O)(=O)C(Cl)(Cl)Cl. The number of hydrogen-bond donors (Lipinski definition) is 1. The van der Waals surface area contributed by atoms with Gasteiger partial charge in [0.1, 0.15) is 0 Å². The van der Waals surface area contributed by atoms with Crippen molar-refractivity contribution < 1.29 is 13.2 Å². The number of nitrogens with one attached hydrogen (secondary N) is 1. The molecule has 0 aliphatic heterocycles. The van der Waals surface area contributed by atoms with Crippen LogP contribution in [0.5, 0.6) is 0 Å². The molecule has 0 unspecified atom stereocenters. The summed E-state index contributed by atoms with van der Waals surface area (Å²) in [5.74, 6) is 0. The molecule has 0 aliphatic carbocycles. The van der Waals surface area contributed by atoms with Crippen LogP contribution in [0.25, 0.3) is 0 Å². The van der Waals surface area contributed by atoms with Gasteiger partial charge < -0.3 is 0 Å². The maximum atomic E-state index is 10.5. The largest absolute Gasteiger partial charge is 0.311 e. The standard InChI is InChI=1S/C2H2Cl3NO3S/c3-2(4,5)10(8,9)6-1-7/h1H,(H,6,7). The highest BCUT2D eigenvalue weighted by atomic mass is 35.6. The molecule has 0 heterocycles. The summed E-state index contributed by atoms with van der Waals surface area (Å²) >= 11 is 14.8. The van der Waals surface area contributed by atoms with Crippen LogP contribution in [0.4, 0.5) is 0 Å². The summed E-state index contributed by atoms with van der Waals surface area (Å²) < 4.78 is 19.9. The highest BCUT2D eigenvalue weighted by Crippen LogP contribution is 2.31. The summed E-state index contributed by atoms with van der Waals surface area (Å²) in [7, 11) is -4.17. The summed E-state index contributed by atoms with van der Waals surface area (Å²) in [5, 5.41) is 0. The number of amides is 1. The molecule has 10 heavy (non-hydrogen) atoms. The van der Waals surface area contributed by atoms with Crippen molar-refractivity contribution in [1.82, 2.24) is 4.72 Å². The fraction of sp³-hybridized carbons (Fsp3) is 0.500. The summed E-state index contributed by atoms with van der Waals surface area (Å²) in [6, 6.07) is 0. The number of hydrogen-bond acceptors (Lipinski definition) is 3. The number of alkyl halides is 3. The van der Waals surface area contributed by atoms with Gasteiger partial charge in [-0.15, -0.1) is 0 Å². The van der Waals surface area contributed by atoms with Gasteiger partial charge in [0.25, 0.3) is 10.0 Å². The van der Waals surface area contributed by atoms with Gasteiger partial charge in [-0.05, 0) is 0 Å². The van der Waals surface area contributed by atoms with Gasteiger partial charge in [0.15, 0.2) is 0 Å². The van der Waals surface area contributed by atoms with E-state index in [9.17, 15) is 13.2 Å². The molecule has 0 atom stereocenters.